The van der Waals surface area contributed by atoms with E-state index in [0.717, 1.165) is 17.7 Å². The summed E-state index contributed by atoms with van der Waals surface area (Å²) in [4.78, 5) is 12.8. The van der Waals surface area contributed by atoms with E-state index in [4.69, 9.17) is 5.11 Å². The molecule has 3 heteroatoms. The second kappa shape index (κ2) is 7.62. The molecule has 0 aromatic heterocycles. The van der Waals surface area contributed by atoms with Gasteiger partial charge in [-0.3, -0.25) is 0 Å². The van der Waals surface area contributed by atoms with Gasteiger partial charge in [0, 0.05) is 25.4 Å². The van der Waals surface area contributed by atoms with Crippen LogP contribution in [0, 0.1) is 6.92 Å². The first-order valence-electron chi connectivity index (χ1n) is 6.77. The number of carbonyl (C=O) groups is 1. The lowest BCUT2D eigenvalue weighted by atomic mass is 10.1. The van der Waals surface area contributed by atoms with Crippen LogP contribution in [0.4, 0.5) is 5.69 Å². The second-order valence-electron chi connectivity index (χ2n) is 4.84. The van der Waals surface area contributed by atoms with Gasteiger partial charge in [-0.2, -0.15) is 0 Å². The third-order valence-electron chi connectivity index (χ3n) is 3.20. The number of hydrogen-bond acceptors (Lipinski definition) is 2. The second-order valence-corrected chi connectivity index (χ2v) is 4.84. The number of carboxylic acids is 1. The zero-order valence-corrected chi connectivity index (χ0v) is 12.0. The highest BCUT2D eigenvalue weighted by molar-refractivity contribution is 5.85. The van der Waals surface area contributed by atoms with Gasteiger partial charge in [0.05, 0.1) is 0 Å². The molecule has 1 N–H and O–H groups in total. The summed E-state index contributed by atoms with van der Waals surface area (Å²) in [6.45, 7) is 5.26. The molecule has 1 aromatic rings. The maximum Gasteiger partial charge on any atom is 0.328 e. The Kier molecular flexibility index (Phi) is 6.13. The summed E-state index contributed by atoms with van der Waals surface area (Å²) < 4.78 is 0. The largest absolute Gasteiger partial charge is 0.478 e. The molecule has 0 spiro atoms. The van der Waals surface area contributed by atoms with Crippen molar-refractivity contribution in [2.75, 3.05) is 18.5 Å². The van der Waals surface area contributed by atoms with E-state index in [2.05, 4.69) is 24.9 Å². The Bertz CT molecular complexity index is 452. The van der Waals surface area contributed by atoms with E-state index in [1.807, 2.05) is 19.1 Å². The first kappa shape index (κ1) is 15.3. The predicted octanol–water partition coefficient (Wildman–Crippen LogP) is 3.72. The van der Waals surface area contributed by atoms with Crippen molar-refractivity contribution in [3.63, 3.8) is 0 Å². The Balaban J connectivity index is 2.73. The number of aryl methyl sites for hydroxylation is 1. The molecule has 0 saturated heterocycles. The number of hydrogen-bond donors (Lipinski definition) is 1. The van der Waals surface area contributed by atoms with Crippen LogP contribution in [0.5, 0.6) is 0 Å². The lowest BCUT2D eigenvalue weighted by Crippen LogP contribution is -2.18. The van der Waals surface area contributed by atoms with Crippen LogP contribution in [0.25, 0.3) is 6.08 Å². The number of carboxylic acid groups (broad SMARTS) is 1. The molecule has 1 rings (SSSR count). The van der Waals surface area contributed by atoms with Gasteiger partial charge in [0.25, 0.3) is 0 Å². The Hall–Kier alpha value is -1.77. The van der Waals surface area contributed by atoms with Crippen LogP contribution in [-0.4, -0.2) is 24.7 Å². The molecule has 0 aliphatic carbocycles. The summed E-state index contributed by atoms with van der Waals surface area (Å²) in [6.07, 6.45) is 6.49. The summed E-state index contributed by atoms with van der Waals surface area (Å²) in [5.41, 5.74) is 3.23. The van der Waals surface area contributed by atoms with E-state index in [1.165, 1.54) is 31.0 Å². The first-order valence-corrected chi connectivity index (χ1v) is 6.77. The van der Waals surface area contributed by atoms with Gasteiger partial charge in [-0.1, -0.05) is 25.8 Å². The molecule has 0 aliphatic rings. The Morgan fingerprint density at radius 2 is 2.11 bits per heavy atom. The summed E-state index contributed by atoms with van der Waals surface area (Å²) in [6, 6.07) is 6.12. The van der Waals surface area contributed by atoms with Crippen LogP contribution < -0.4 is 4.90 Å². The summed E-state index contributed by atoms with van der Waals surface area (Å²) in [7, 11) is 2.09. The molecule has 0 fully saturated rings. The highest BCUT2D eigenvalue weighted by atomic mass is 16.4. The SMILES string of the molecule is CCCCCN(C)c1ccc(C=CC(=O)O)c(C)c1. The molecule has 19 heavy (non-hydrogen) atoms. The monoisotopic (exact) mass is 261 g/mol. The van der Waals surface area contributed by atoms with Crippen LogP contribution in [0.3, 0.4) is 0 Å². The minimum atomic E-state index is -0.917. The third kappa shape index (κ3) is 5.16. The fraction of sp³-hybridized carbons (Fsp3) is 0.438. The van der Waals surface area contributed by atoms with Crippen LogP contribution in [0.2, 0.25) is 0 Å². The number of unbranched alkanes of at least 4 members (excludes halogenated alkanes) is 2. The van der Waals surface area contributed by atoms with Crippen LogP contribution in [0.15, 0.2) is 24.3 Å². The molecule has 104 valence electrons. The fourth-order valence-corrected chi connectivity index (χ4v) is 1.97. The maximum absolute atomic E-state index is 10.5. The Morgan fingerprint density at radius 3 is 2.68 bits per heavy atom. The standard InChI is InChI=1S/C16H23NO2/c1-4-5-6-11-17(3)15-9-7-14(13(2)12-15)8-10-16(18)19/h7-10,12H,4-6,11H2,1-3H3,(H,18,19). The van der Waals surface area contributed by atoms with Gasteiger partial charge < -0.3 is 10.0 Å². The molecule has 0 radical (unpaired) electrons. The maximum atomic E-state index is 10.5. The van der Waals surface area contributed by atoms with Crippen molar-refractivity contribution in [2.24, 2.45) is 0 Å². The molecule has 0 heterocycles. The van der Waals surface area contributed by atoms with Gasteiger partial charge in [0.15, 0.2) is 0 Å². The smallest absolute Gasteiger partial charge is 0.328 e. The molecule has 0 unspecified atom stereocenters. The summed E-state index contributed by atoms with van der Waals surface area (Å²) in [5, 5.41) is 8.63. The van der Waals surface area contributed by atoms with Crippen molar-refractivity contribution in [3.05, 3.63) is 35.4 Å². The van der Waals surface area contributed by atoms with Crippen LogP contribution >= 0.6 is 0 Å². The van der Waals surface area contributed by atoms with E-state index < -0.39 is 5.97 Å². The highest BCUT2D eigenvalue weighted by Crippen LogP contribution is 2.19. The van der Waals surface area contributed by atoms with E-state index >= 15 is 0 Å². The van der Waals surface area contributed by atoms with Crippen molar-refractivity contribution < 1.29 is 9.90 Å². The highest BCUT2D eigenvalue weighted by Gasteiger charge is 2.03. The van der Waals surface area contributed by atoms with Crippen molar-refractivity contribution in [1.29, 1.82) is 0 Å². The van der Waals surface area contributed by atoms with Gasteiger partial charge >= 0.3 is 5.97 Å². The molecule has 0 amide bonds. The van der Waals surface area contributed by atoms with Gasteiger partial charge in [0.1, 0.15) is 0 Å². The average molecular weight is 261 g/mol. The Morgan fingerprint density at radius 1 is 1.37 bits per heavy atom. The fourth-order valence-electron chi connectivity index (χ4n) is 1.97. The molecule has 0 bridgehead atoms. The zero-order chi connectivity index (χ0) is 14.3. The van der Waals surface area contributed by atoms with Gasteiger partial charge in [0.2, 0.25) is 0 Å². The third-order valence-corrected chi connectivity index (χ3v) is 3.20. The van der Waals surface area contributed by atoms with Crippen molar-refractivity contribution in [2.45, 2.75) is 33.1 Å². The molecule has 0 aliphatic heterocycles. The summed E-state index contributed by atoms with van der Waals surface area (Å²) in [5.74, 6) is -0.917. The lowest BCUT2D eigenvalue weighted by Gasteiger charge is -2.20. The van der Waals surface area contributed by atoms with Crippen molar-refractivity contribution in [1.82, 2.24) is 0 Å². The normalized spacial score (nSPS) is 10.9. The zero-order valence-electron chi connectivity index (χ0n) is 12.0. The van der Waals surface area contributed by atoms with E-state index in [0.29, 0.717) is 0 Å². The minimum Gasteiger partial charge on any atom is -0.478 e. The number of benzene rings is 1. The quantitative estimate of drug-likeness (QED) is 0.600. The van der Waals surface area contributed by atoms with Crippen LogP contribution in [0.1, 0.15) is 37.3 Å². The van der Waals surface area contributed by atoms with E-state index in [-0.39, 0.29) is 0 Å². The van der Waals surface area contributed by atoms with Gasteiger partial charge in [-0.25, -0.2) is 4.79 Å². The predicted molar refractivity (Wildman–Crippen MR) is 80.6 cm³/mol. The van der Waals surface area contributed by atoms with Gasteiger partial charge in [-0.15, -0.1) is 0 Å². The lowest BCUT2D eigenvalue weighted by molar-refractivity contribution is -0.131. The number of rotatable bonds is 7. The van der Waals surface area contributed by atoms with Crippen LogP contribution in [-0.2, 0) is 4.79 Å². The topological polar surface area (TPSA) is 40.5 Å². The molecule has 0 atom stereocenters. The van der Waals surface area contributed by atoms with Crippen molar-refractivity contribution in [3.8, 4) is 0 Å². The Labute approximate surface area is 115 Å². The number of anilines is 1. The molecule has 1 aromatic carbocycles. The molecular weight excluding hydrogens is 238 g/mol. The molecular formula is C16H23NO2. The van der Waals surface area contributed by atoms with E-state index in [9.17, 15) is 4.79 Å². The van der Waals surface area contributed by atoms with E-state index in [1.54, 1.807) is 6.08 Å². The number of aliphatic carboxylic acids is 1. The van der Waals surface area contributed by atoms with Crippen molar-refractivity contribution >= 4 is 17.7 Å². The molecule has 0 saturated carbocycles. The van der Waals surface area contributed by atoms with Gasteiger partial charge in [-0.05, 0) is 42.7 Å². The first-order chi connectivity index (χ1) is 9.04. The minimum absolute atomic E-state index is 0.917. The number of nitrogens with zero attached hydrogens (tertiary/aromatic N) is 1. The average Bonchev–Trinajstić information content (AvgIpc) is 2.37. The summed E-state index contributed by atoms with van der Waals surface area (Å²) >= 11 is 0. The molecule has 3 nitrogen and oxygen atoms in total.